The summed E-state index contributed by atoms with van der Waals surface area (Å²) in [5.74, 6) is -8.00. The molecule has 0 radical (unpaired) electrons. The molecule has 0 bridgehead atoms. The fourth-order valence-corrected chi connectivity index (χ4v) is 2.36. The molecule has 0 heterocycles. The average molecular weight is 478 g/mol. The van der Waals surface area contributed by atoms with Crippen LogP contribution in [0.5, 0.6) is 0 Å². The lowest BCUT2D eigenvalue weighted by atomic mass is 10.1. The smallest absolute Gasteiger partial charge is 0.304 e. The molecule has 0 aliphatic carbocycles. The zero-order valence-corrected chi connectivity index (χ0v) is 15.8. The molecule has 13 heteroatoms. The van der Waals surface area contributed by atoms with Crippen molar-refractivity contribution in [1.82, 2.24) is 0 Å². The van der Waals surface area contributed by atoms with Crippen molar-refractivity contribution in [3.8, 4) is 0 Å². The third kappa shape index (κ3) is 11.9. The van der Waals surface area contributed by atoms with E-state index < -0.39 is 85.5 Å². The van der Waals surface area contributed by atoms with Crippen LogP contribution in [0, 0.1) is 0 Å². The van der Waals surface area contributed by atoms with E-state index in [-0.39, 0.29) is 25.7 Å². The molecular weight excluding hydrogens is 460 g/mol. The molecular formula is C18H18F12O. The van der Waals surface area contributed by atoms with Crippen molar-refractivity contribution in [2.75, 3.05) is 0 Å². The summed E-state index contributed by atoms with van der Waals surface area (Å²) in [6, 6.07) is 0. The Bertz CT molecular complexity index is 624. The first-order valence-electron chi connectivity index (χ1n) is 8.84. The van der Waals surface area contributed by atoms with E-state index in [9.17, 15) is 52.7 Å². The monoisotopic (exact) mass is 478 g/mol. The summed E-state index contributed by atoms with van der Waals surface area (Å²) in [7, 11) is 0. The minimum absolute atomic E-state index is 0.367. The Labute approximate surface area is 169 Å². The summed E-state index contributed by atoms with van der Waals surface area (Å²) in [6.45, 7) is 0. The highest BCUT2D eigenvalue weighted by Crippen LogP contribution is 2.29. The first kappa shape index (κ1) is 29.1. The first-order valence-corrected chi connectivity index (χ1v) is 8.84. The van der Waals surface area contributed by atoms with Crippen molar-refractivity contribution in [3.05, 3.63) is 47.6 Å². The van der Waals surface area contributed by atoms with Crippen LogP contribution in [0.1, 0.15) is 51.4 Å². The molecule has 0 saturated heterocycles. The third-order valence-electron chi connectivity index (χ3n) is 3.89. The van der Waals surface area contributed by atoms with E-state index in [4.69, 9.17) is 0 Å². The summed E-state index contributed by atoms with van der Waals surface area (Å²) in [4.78, 5) is 0. The Balaban J connectivity index is 5.19. The van der Waals surface area contributed by atoms with Crippen LogP contribution in [0.15, 0.2) is 47.6 Å². The van der Waals surface area contributed by atoms with Gasteiger partial charge in [-0.2, -0.15) is 35.1 Å². The highest BCUT2D eigenvalue weighted by atomic mass is 19.3. The number of halogens is 12. The Kier molecular flexibility index (Phi) is 14.0. The van der Waals surface area contributed by atoms with Crippen molar-refractivity contribution < 1.29 is 57.4 Å². The van der Waals surface area contributed by atoms with E-state index in [1.54, 1.807) is 0 Å². The van der Waals surface area contributed by atoms with Crippen LogP contribution in [0.4, 0.5) is 52.7 Å². The second kappa shape index (κ2) is 15.0. The molecule has 0 rings (SSSR count). The predicted octanol–water partition coefficient (Wildman–Crippen LogP) is 9.17. The molecule has 180 valence electrons. The van der Waals surface area contributed by atoms with Gasteiger partial charge in [-0.25, -0.2) is 17.6 Å². The van der Waals surface area contributed by atoms with Crippen LogP contribution < -0.4 is 0 Å². The number of hydrogen-bond acceptors (Lipinski definition) is 1. The second-order valence-electron chi connectivity index (χ2n) is 6.15. The largest absolute Gasteiger partial charge is 0.360 e. The Morgan fingerprint density at radius 3 is 1.03 bits per heavy atom. The molecule has 0 N–H and O–H groups in total. The highest BCUT2D eigenvalue weighted by Gasteiger charge is 2.28. The molecule has 2 unspecified atom stereocenters. The minimum Gasteiger partial charge on any atom is -0.360 e. The fraction of sp³-hybridized carbons (Fsp3) is 0.556. The van der Waals surface area contributed by atoms with Gasteiger partial charge in [0.2, 0.25) is 0 Å². The molecule has 31 heavy (non-hydrogen) atoms. The molecule has 0 spiro atoms. The van der Waals surface area contributed by atoms with Crippen LogP contribution in [0.2, 0.25) is 0 Å². The van der Waals surface area contributed by atoms with Gasteiger partial charge in [-0.3, -0.25) is 0 Å². The summed E-state index contributed by atoms with van der Waals surface area (Å²) < 4.78 is 156. The molecule has 0 aliphatic rings. The zero-order valence-electron chi connectivity index (χ0n) is 15.8. The van der Waals surface area contributed by atoms with Crippen molar-refractivity contribution in [2.45, 2.75) is 63.6 Å². The Morgan fingerprint density at radius 2 is 0.774 bits per heavy atom. The fourth-order valence-electron chi connectivity index (χ4n) is 2.36. The van der Waals surface area contributed by atoms with Gasteiger partial charge in [-0.1, -0.05) is 12.8 Å². The molecule has 0 aromatic rings. The highest BCUT2D eigenvalue weighted by molar-refractivity contribution is 5.05. The molecule has 0 fully saturated rings. The van der Waals surface area contributed by atoms with E-state index in [0.717, 1.165) is 0 Å². The Morgan fingerprint density at radius 1 is 0.452 bits per heavy atom. The number of hydrogen-bond donors (Lipinski definition) is 0. The molecule has 2 atom stereocenters. The molecule has 0 saturated carbocycles. The number of rotatable bonds is 14. The van der Waals surface area contributed by atoms with Crippen LogP contribution >= 0.6 is 0 Å². The zero-order chi connectivity index (χ0) is 24.1. The number of ether oxygens (including phenoxy) is 1. The lowest BCUT2D eigenvalue weighted by Crippen LogP contribution is -2.24. The van der Waals surface area contributed by atoms with Crippen molar-refractivity contribution >= 4 is 0 Å². The van der Waals surface area contributed by atoms with Gasteiger partial charge in [0.25, 0.3) is 0 Å². The standard InChI is InChI=1S/C18H18F12O/c19-9(15(23)24)5-1-3-7-11(13(21)17(27)28)31-12(14(22)18(29)30)8-4-2-6-10(20)16(25)26/h11-12H,1-8H2. The lowest BCUT2D eigenvalue weighted by Gasteiger charge is -2.22. The maximum absolute atomic E-state index is 13.6. The van der Waals surface area contributed by atoms with Crippen LogP contribution in [0.25, 0.3) is 0 Å². The molecule has 0 amide bonds. The van der Waals surface area contributed by atoms with Gasteiger partial charge in [0.05, 0.1) is 0 Å². The summed E-state index contributed by atoms with van der Waals surface area (Å²) in [5, 5.41) is 0. The molecule has 1 nitrogen and oxygen atoms in total. The van der Waals surface area contributed by atoms with Gasteiger partial charge in [0.1, 0.15) is 12.2 Å². The maximum atomic E-state index is 13.6. The van der Waals surface area contributed by atoms with E-state index >= 15 is 0 Å². The van der Waals surface area contributed by atoms with Gasteiger partial charge in [0, 0.05) is 12.8 Å². The SMILES string of the molecule is FC(F)=C(F)CCCCC(OC(CCCCC(F)=C(F)F)C(F)=C(F)F)C(F)=C(F)F. The Hall–Kier alpha value is -1.92. The topological polar surface area (TPSA) is 9.23 Å². The predicted molar refractivity (Wildman–Crippen MR) is 87.0 cm³/mol. The normalized spacial score (nSPS) is 12.8. The van der Waals surface area contributed by atoms with Gasteiger partial charge >= 0.3 is 24.3 Å². The van der Waals surface area contributed by atoms with Gasteiger partial charge in [0.15, 0.2) is 23.3 Å². The molecule has 0 aromatic heterocycles. The summed E-state index contributed by atoms with van der Waals surface area (Å²) in [6.07, 6.45) is -20.0. The van der Waals surface area contributed by atoms with Crippen LogP contribution in [0.3, 0.4) is 0 Å². The second-order valence-corrected chi connectivity index (χ2v) is 6.15. The van der Waals surface area contributed by atoms with Gasteiger partial charge in [-0.05, 0) is 25.7 Å². The quantitative estimate of drug-likeness (QED) is 0.179. The van der Waals surface area contributed by atoms with Crippen molar-refractivity contribution in [3.63, 3.8) is 0 Å². The summed E-state index contributed by atoms with van der Waals surface area (Å²) >= 11 is 0. The third-order valence-corrected chi connectivity index (χ3v) is 3.89. The van der Waals surface area contributed by atoms with Crippen LogP contribution in [-0.4, -0.2) is 12.2 Å². The van der Waals surface area contributed by atoms with Gasteiger partial charge < -0.3 is 4.74 Å². The average Bonchev–Trinajstić information content (AvgIpc) is 2.69. The van der Waals surface area contributed by atoms with E-state index in [1.165, 1.54) is 0 Å². The van der Waals surface area contributed by atoms with Gasteiger partial charge in [-0.15, -0.1) is 0 Å². The van der Waals surface area contributed by atoms with E-state index in [0.29, 0.717) is 0 Å². The number of allylic oxidation sites excluding steroid dienone is 2. The molecule has 0 aromatic carbocycles. The van der Waals surface area contributed by atoms with E-state index in [1.807, 2.05) is 0 Å². The maximum Gasteiger partial charge on any atom is 0.304 e. The van der Waals surface area contributed by atoms with E-state index in [2.05, 4.69) is 4.74 Å². The summed E-state index contributed by atoms with van der Waals surface area (Å²) in [5.41, 5.74) is 0. The van der Waals surface area contributed by atoms with Crippen molar-refractivity contribution in [1.29, 1.82) is 0 Å². The van der Waals surface area contributed by atoms with Crippen molar-refractivity contribution in [2.24, 2.45) is 0 Å². The number of unbranched alkanes of at least 4 members (excludes halogenated alkanes) is 2. The lowest BCUT2D eigenvalue weighted by molar-refractivity contribution is -0.0115. The molecule has 0 aliphatic heterocycles. The van der Waals surface area contributed by atoms with Crippen LogP contribution in [-0.2, 0) is 4.74 Å². The first-order chi connectivity index (χ1) is 14.4. The minimum atomic E-state index is -2.90.